The predicted octanol–water partition coefficient (Wildman–Crippen LogP) is 3.11. The van der Waals surface area contributed by atoms with Crippen molar-refractivity contribution in [3.8, 4) is 10.4 Å². The first-order valence-corrected chi connectivity index (χ1v) is 7.15. The number of aromatic amines is 1. The van der Waals surface area contributed by atoms with Crippen LogP contribution in [0.2, 0.25) is 4.34 Å². The number of thiophene rings is 1. The summed E-state index contributed by atoms with van der Waals surface area (Å²) in [5.41, 5.74) is 1.58. The van der Waals surface area contributed by atoms with E-state index in [-0.39, 0.29) is 18.3 Å². The Balaban J connectivity index is 0.00000200. The Hall–Kier alpha value is -1.01. The molecule has 2 rings (SSSR count). The molecule has 0 aliphatic carbocycles. The monoisotopic (exact) mass is 333 g/mol. The van der Waals surface area contributed by atoms with Gasteiger partial charge in [0.2, 0.25) is 0 Å². The number of likely N-dealkylation sites (N-methyl/N-ethyl adjacent to an activating group) is 2. The Labute approximate surface area is 133 Å². The largest absolute Gasteiger partial charge is 0.366 e. The van der Waals surface area contributed by atoms with Gasteiger partial charge in [-0.15, -0.1) is 23.7 Å². The molecular formula is C13H17Cl2N3OS. The van der Waals surface area contributed by atoms with Crippen LogP contribution >= 0.6 is 35.3 Å². The van der Waals surface area contributed by atoms with Crippen LogP contribution in [0.3, 0.4) is 0 Å². The van der Waals surface area contributed by atoms with Crippen molar-refractivity contribution in [3.63, 3.8) is 0 Å². The van der Waals surface area contributed by atoms with E-state index in [9.17, 15) is 4.79 Å². The topological polar surface area (TPSA) is 48.1 Å². The normalized spacial score (nSPS) is 10.2. The average Bonchev–Trinajstić information content (AvgIpc) is 3.03. The first kappa shape index (κ1) is 17.0. The zero-order valence-electron chi connectivity index (χ0n) is 11.3. The summed E-state index contributed by atoms with van der Waals surface area (Å²) in [6, 6.07) is 3.77. The van der Waals surface area contributed by atoms with Crippen LogP contribution in [0.1, 0.15) is 10.4 Å². The molecule has 0 radical (unpaired) electrons. The summed E-state index contributed by atoms with van der Waals surface area (Å²) in [7, 11) is 3.67. The van der Waals surface area contributed by atoms with Gasteiger partial charge in [0.05, 0.1) is 9.90 Å². The highest BCUT2D eigenvalue weighted by atomic mass is 35.5. The number of carbonyl (C=O) groups is 1. The molecule has 2 aromatic heterocycles. The molecule has 110 valence electrons. The molecule has 1 amide bonds. The van der Waals surface area contributed by atoms with Gasteiger partial charge < -0.3 is 15.2 Å². The minimum atomic E-state index is 0. The quantitative estimate of drug-likeness (QED) is 0.883. The van der Waals surface area contributed by atoms with E-state index in [0.29, 0.717) is 12.1 Å². The number of amides is 1. The van der Waals surface area contributed by atoms with Gasteiger partial charge in [0.15, 0.2) is 0 Å². The van der Waals surface area contributed by atoms with E-state index in [1.165, 1.54) is 11.3 Å². The second-order valence-corrected chi connectivity index (χ2v) is 5.93. The standard InChI is InChI=1S/C13H16ClN3OS.ClH/c1-15-5-6-17(2)13(18)10-8-16-7-9(10)11-3-4-12(14)19-11;/h3-4,7-8,15-16H,5-6H2,1-2H3;1H. The molecule has 20 heavy (non-hydrogen) atoms. The molecule has 0 saturated heterocycles. The molecule has 2 N–H and O–H groups in total. The van der Waals surface area contributed by atoms with Gasteiger partial charge in [-0.3, -0.25) is 4.79 Å². The van der Waals surface area contributed by atoms with Crippen molar-refractivity contribution in [3.05, 3.63) is 34.4 Å². The maximum Gasteiger partial charge on any atom is 0.255 e. The molecule has 0 atom stereocenters. The minimum absolute atomic E-state index is 0. The first-order valence-electron chi connectivity index (χ1n) is 5.96. The van der Waals surface area contributed by atoms with Gasteiger partial charge in [0.1, 0.15) is 0 Å². The fourth-order valence-electron chi connectivity index (χ4n) is 1.79. The van der Waals surface area contributed by atoms with E-state index in [1.807, 2.05) is 25.4 Å². The molecule has 2 heterocycles. The van der Waals surface area contributed by atoms with E-state index in [1.54, 1.807) is 18.1 Å². The lowest BCUT2D eigenvalue weighted by atomic mass is 10.1. The number of H-pyrrole nitrogens is 1. The molecule has 0 aliphatic rings. The van der Waals surface area contributed by atoms with Gasteiger partial charge in [0.25, 0.3) is 5.91 Å². The van der Waals surface area contributed by atoms with E-state index in [4.69, 9.17) is 11.6 Å². The first-order chi connectivity index (χ1) is 9.13. The summed E-state index contributed by atoms with van der Waals surface area (Å²) < 4.78 is 0.720. The third-order valence-electron chi connectivity index (χ3n) is 2.86. The highest BCUT2D eigenvalue weighted by Gasteiger charge is 2.18. The van der Waals surface area contributed by atoms with Gasteiger partial charge in [-0.1, -0.05) is 11.6 Å². The Morgan fingerprint density at radius 2 is 2.20 bits per heavy atom. The minimum Gasteiger partial charge on any atom is -0.366 e. The Morgan fingerprint density at radius 3 is 2.80 bits per heavy atom. The van der Waals surface area contributed by atoms with E-state index in [0.717, 1.165) is 21.3 Å². The van der Waals surface area contributed by atoms with Crippen LogP contribution in [-0.2, 0) is 0 Å². The van der Waals surface area contributed by atoms with E-state index >= 15 is 0 Å². The van der Waals surface area contributed by atoms with Crippen LogP contribution in [0.25, 0.3) is 10.4 Å². The van der Waals surface area contributed by atoms with Crippen LogP contribution in [-0.4, -0.2) is 43.0 Å². The van der Waals surface area contributed by atoms with Gasteiger partial charge >= 0.3 is 0 Å². The summed E-state index contributed by atoms with van der Waals surface area (Å²) in [4.78, 5) is 18.1. The zero-order chi connectivity index (χ0) is 13.8. The molecule has 0 fully saturated rings. The average molecular weight is 334 g/mol. The number of aromatic nitrogens is 1. The Bertz CT molecular complexity index is 567. The molecule has 7 heteroatoms. The van der Waals surface area contributed by atoms with Crippen LogP contribution < -0.4 is 5.32 Å². The maximum atomic E-state index is 12.4. The Kier molecular flexibility index (Phi) is 6.55. The smallest absolute Gasteiger partial charge is 0.255 e. The van der Waals surface area contributed by atoms with Crippen molar-refractivity contribution < 1.29 is 4.79 Å². The maximum absolute atomic E-state index is 12.4. The SMILES string of the molecule is CNCCN(C)C(=O)c1c[nH]cc1-c1ccc(Cl)s1.Cl. The molecule has 0 aromatic carbocycles. The number of halogens is 2. The van der Waals surface area contributed by atoms with Crippen LogP contribution in [0.15, 0.2) is 24.5 Å². The van der Waals surface area contributed by atoms with Gasteiger partial charge in [-0.05, 0) is 19.2 Å². The van der Waals surface area contributed by atoms with Crippen molar-refractivity contribution in [1.82, 2.24) is 15.2 Å². The van der Waals surface area contributed by atoms with Gasteiger partial charge in [-0.2, -0.15) is 0 Å². The fraction of sp³-hybridized carbons (Fsp3) is 0.308. The van der Waals surface area contributed by atoms with Crippen LogP contribution in [0.5, 0.6) is 0 Å². The molecule has 4 nitrogen and oxygen atoms in total. The Morgan fingerprint density at radius 1 is 1.45 bits per heavy atom. The predicted molar refractivity (Wildman–Crippen MR) is 87.3 cm³/mol. The van der Waals surface area contributed by atoms with Crippen molar-refractivity contribution >= 4 is 41.3 Å². The molecule has 0 unspecified atom stereocenters. The summed E-state index contributed by atoms with van der Waals surface area (Å²) in [6.45, 7) is 1.44. The van der Waals surface area contributed by atoms with E-state index in [2.05, 4.69) is 10.3 Å². The number of hydrogen-bond acceptors (Lipinski definition) is 3. The van der Waals surface area contributed by atoms with Crippen molar-refractivity contribution in [2.24, 2.45) is 0 Å². The summed E-state index contributed by atoms with van der Waals surface area (Å²) in [6.07, 6.45) is 3.57. The summed E-state index contributed by atoms with van der Waals surface area (Å²) in [5, 5.41) is 3.03. The third-order valence-corrected chi connectivity index (χ3v) is 4.12. The number of carbonyl (C=O) groups excluding carboxylic acids is 1. The third kappa shape index (κ3) is 3.76. The zero-order valence-corrected chi connectivity index (χ0v) is 13.7. The lowest BCUT2D eigenvalue weighted by Crippen LogP contribution is -2.32. The molecular weight excluding hydrogens is 317 g/mol. The molecule has 0 spiro atoms. The molecule has 0 aliphatic heterocycles. The van der Waals surface area contributed by atoms with Crippen molar-refractivity contribution in [1.29, 1.82) is 0 Å². The number of nitrogens with one attached hydrogen (secondary N) is 2. The summed E-state index contributed by atoms with van der Waals surface area (Å²) >= 11 is 7.41. The number of nitrogens with zero attached hydrogens (tertiary/aromatic N) is 1. The van der Waals surface area contributed by atoms with Crippen molar-refractivity contribution in [2.75, 3.05) is 27.2 Å². The van der Waals surface area contributed by atoms with Crippen molar-refractivity contribution in [2.45, 2.75) is 0 Å². The van der Waals surface area contributed by atoms with Gasteiger partial charge in [0, 0.05) is 43.0 Å². The fourth-order valence-corrected chi connectivity index (χ4v) is 2.86. The highest BCUT2D eigenvalue weighted by Crippen LogP contribution is 2.33. The lowest BCUT2D eigenvalue weighted by Gasteiger charge is -2.16. The molecule has 2 aromatic rings. The van der Waals surface area contributed by atoms with Crippen LogP contribution in [0, 0.1) is 0 Å². The van der Waals surface area contributed by atoms with Crippen LogP contribution in [0.4, 0.5) is 0 Å². The number of hydrogen-bond donors (Lipinski definition) is 2. The number of rotatable bonds is 5. The highest BCUT2D eigenvalue weighted by molar-refractivity contribution is 7.19. The molecule has 0 saturated carbocycles. The second kappa shape index (κ2) is 7.69. The van der Waals surface area contributed by atoms with E-state index < -0.39 is 0 Å². The van der Waals surface area contributed by atoms with Gasteiger partial charge in [-0.25, -0.2) is 0 Å². The second-order valence-electron chi connectivity index (χ2n) is 4.22. The summed E-state index contributed by atoms with van der Waals surface area (Å²) in [5.74, 6) is 0.0102. The lowest BCUT2D eigenvalue weighted by molar-refractivity contribution is 0.0798. The molecule has 0 bridgehead atoms.